The lowest BCUT2D eigenvalue weighted by Crippen LogP contribution is -2.35. The third-order valence-electron chi connectivity index (χ3n) is 3.25. The van der Waals surface area contributed by atoms with Crippen LogP contribution in [0.3, 0.4) is 0 Å². The van der Waals surface area contributed by atoms with Crippen LogP contribution in [0.5, 0.6) is 0 Å². The molecule has 0 spiro atoms. The second-order valence-corrected chi connectivity index (χ2v) is 6.35. The van der Waals surface area contributed by atoms with E-state index in [-0.39, 0.29) is 0 Å². The summed E-state index contributed by atoms with van der Waals surface area (Å²) in [5.74, 6) is 2.32. The van der Waals surface area contributed by atoms with Crippen LogP contribution in [0.4, 0.5) is 0 Å². The van der Waals surface area contributed by atoms with E-state index in [1.54, 1.807) is 0 Å². The highest BCUT2D eigenvalue weighted by Crippen LogP contribution is 2.34. The fourth-order valence-corrected chi connectivity index (χ4v) is 3.13. The molecule has 3 atom stereocenters. The predicted octanol–water partition coefficient (Wildman–Crippen LogP) is 3.28. The minimum Gasteiger partial charge on any atom is -0.413 e. The van der Waals surface area contributed by atoms with E-state index in [4.69, 9.17) is 16.0 Å². The van der Waals surface area contributed by atoms with Gasteiger partial charge >= 0.3 is 0 Å². The molecule has 0 heterocycles. The van der Waals surface area contributed by atoms with E-state index < -0.39 is 0 Å². The van der Waals surface area contributed by atoms with Gasteiger partial charge in [0.2, 0.25) is 9.76 Å². The first-order chi connectivity index (χ1) is 6.65. The van der Waals surface area contributed by atoms with Crippen molar-refractivity contribution in [1.29, 1.82) is 0 Å². The third-order valence-corrected chi connectivity index (χ3v) is 4.16. The van der Waals surface area contributed by atoms with Crippen LogP contribution < -0.4 is 0 Å². The molecule has 14 heavy (non-hydrogen) atoms. The minimum atomic E-state index is 0.468. The molecule has 2 radical (unpaired) electrons. The van der Waals surface area contributed by atoms with E-state index in [0.717, 1.165) is 17.8 Å². The summed E-state index contributed by atoms with van der Waals surface area (Å²) in [5, 5.41) is 0. The molecule has 0 aromatic carbocycles. The molecule has 82 valence electrons. The van der Waals surface area contributed by atoms with Gasteiger partial charge in [-0.1, -0.05) is 27.2 Å². The molecule has 1 aliphatic carbocycles. The Morgan fingerprint density at radius 3 is 2.71 bits per heavy atom. The van der Waals surface area contributed by atoms with Crippen LogP contribution in [0.25, 0.3) is 0 Å². The van der Waals surface area contributed by atoms with Crippen molar-refractivity contribution in [3.8, 4) is 0 Å². The predicted molar refractivity (Wildman–Crippen MR) is 62.7 cm³/mol. The summed E-state index contributed by atoms with van der Waals surface area (Å²) >= 11 is 5.67. The van der Waals surface area contributed by atoms with Crippen LogP contribution in [0, 0.1) is 17.8 Å². The molecule has 0 amide bonds. The molecule has 0 aliphatic heterocycles. The molecule has 1 saturated carbocycles. The highest BCUT2D eigenvalue weighted by molar-refractivity contribution is 6.45. The van der Waals surface area contributed by atoms with Gasteiger partial charge in [0.25, 0.3) is 0 Å². The molecule has 1 nitrogen and oxygen atoms in total. The zero-order chi connectivity index (χ0) is 10.6. The van der Waals surface area contributed by atoms with Crippen molar-refractivity contribution in [1.82, 2.24) is 0 Å². The number of hydrogen-bond acceptors (Lipinski definition) is 1. The smallest absolute Gasteiger partial charge is 0.246 e. The van der Waals surface area contributed by atoms with E-state index in [1.165, 1.54) is 19.3 Å². The van der Waals surface area contributed by atoms with Gasteiger partial charge in [-0.3, -0.25) is 0 Å². The maximum Gasteiger partial charge on any atom is 0.246 e. The Kier molecular flexibility index (Phi) is 5.50. The number of hydrogen-bond donors (Lipinski definition) is 0. The van der Waals surface area contributed by atoms with Crippen molar-refractivity contribution in [2.75, 3.05) is 5.50 Å². The van der Waals surface area contributed by atoms with E-state index in [2.05, 4.69) is 20.8 Å². The zero-order valence-electron chi connectivity index (χ0n) is 9.42. The molecule has 0 saturated heterocycles. The summed E-state index contributed by atoms with van der Waals surface area (Å²) in [6.45, 7) is 6.94. The molecule has 0 N–H and O–H groups in total. The molecule has 1 aliphatic rings. The molecular weight excluding hydrogens is 212 g/mol. The van der Waals surface area contributed by atoms with E-state index in [0.29, 0.717) is 21.4 Å². The number of alkyl halides is 1. The fourth-order valence-electron chi connectivity index (χ4n) is 2.39. The molecule has 1 fully saturated rings. The van der Waals surface area contributed by atoms with E-state index >= 15 is 0 Å². The van der Waals surface area contributed by atoms with Crippen molar-refractivity contribution in [3.63, 3.8) is 0 Å². The van der Waals surface area contributed by atoms with Crippen molar-refractivity contribution in [2.45, 2.75) is 46.1 Å². The zero-order valence-corrected chi connectivity index (χ0v) is 11.2. The van der Waals surface area contributed by atoms with Gasteiger partial charge in [0, 0.05) is 11.6 Å². The largest absolute Gasteiger partial charge is 0.413 e. The van der Waals surface area contributed by atoms with Crippen LogP contribution in [0.1, 0.15) is 40.0 Å². The second kappa shape index (κ2) is 6.14. The molecule has 3 heteroatoms. The second-order valence-electron chi connectivity index (χ2n) is 4.76. The maximum atomic E-state index is 5.87. The average Bonchev–Trinajstić information content (AvgIpc) is 2.14. The van der Waals surface area contributed by atoms with Gasteiger partial charge in [-0.2, -0.15) is 0 Å². The summed E-state index contributed by atoms with van der Waals surface area (Å²) in [6, 6.07) is 0. The normalized spacial score (nSPS) is 33.6. The molecule has 0 aromatic rings. The molecule has 0 aromatic heterocycles. The van der Waals surface area contributed by atoms with E-state index in [1.807, 2.05) is 0 Å². The van der Waals surface area contributed by atoms with Crippen molar-refractivity contribution in [3.05, 3.63) is 0 Å². The van der Waals surface area contributed by atoms with Crippen LogP contribution in [-0.4, -0.2) is 21.4 Å². The lowest BCUT2D eigenvalue weighted by molar-refractivity contribution is 0.0492. The van der Waals surface area contributed by atoms with Crippen LogP contribution >= 0.6 is 11.6 Å². The van der Waals surface area contributed by atoms with Gasteiger partial charge in [0.1, 0.15) is 0 Å². The number of halogens is 1. The lowest BCUT2D eigenvalue weighted by Gasteiger charge is -2.37. The third kappa shape index (κ3) is 3.56. The first kappa shape index (κ1) is 12.5. The Bertz CT molecular complexity index is 163. The molecular formula is C11H21ClOSi. The van der Waals surface area contributed by atoms with Crippen molar-refractivity contribution in [2.24, 2.45) is 17.8 Å². The van der Waals surface area contributed by atoms with Crippen LogP contribution in [0.2, 0.25) is 0 Å². The number of rotatable bonds is 4. The minimum absolute atomic E-state index is 0.468. The lowest BCUT2D eigenvalue weighted by atomic mass is 9.75. The Balaban J connectivity index is 2.45. The van der Waals surface area contributed by atoms with Gasteiger partial charge in [-0.25, -0.2) is 0 Å². The standard InChI is InChI=1S/C11H21ClOSi/c1-8(2)10-5-4-9(3)6-11(10)13-14-7-12/h8-11H,4-7H2,1-3H3. The summed E-state index contributed by atoms with van der Waals surface area (Å²) < 4.78 is 5.87. The summed E-state index contributed by atoms with van der Waals surface area (Å²) in [4.78, 5) is 0. The first-order valence-electron chi connectivity index (χ1n) is 5.59. The maximum absolute atomic E-state index is 5.87. The van der Waals surface area contributed by atoms with Gasteiger partial charge in [-0.15, -0.1) is 11.6 Å². The van der Waals surface area contributed by atoms with Gasteiger partial charge in [-0.05, 0) is 30.6 Å². The average molecular weight is 233 g/mol. The van der Waals surface area contributed by atoms with Crippen LogP contribution in [-0.2, 0) is 4.43 Å². The SMILES string of the molecule is CC1CCC(C(C)C)C(O[Si]CCl)C1. The van der Waals surface area contributed by atoms with Crippen molar-refractivity contribution < 1.29 is 4.43 Å². The Morgan fingerprint density at radius 1 is 1.43 bits per heavy atom. The topological polar surface area (TPSA) is 9.23 Å². The Morgan fingerprint density at radius 2 is 2.14 bits per heavy atom. The van der Waals surface area contributed by atoms with Gasteiger partial charge in [0.05, 0.1) is 0 Å². The van der Waals surface area contributed by atoms with E-state index in [9.17, 15) is 0 Å². The van der Waals surface area contributed by atoms with Crippen LogP contribution in [0.15, 0.2) is 0 Å². The molecule has 0 bridgehead atoms. The first-order valence-corrected chi connectivity index (χ1v) is 7.24. The monoisotopic (exact) mass is 232 g/mol. The van der Waals surface area contributed by atoms with Gasteiger partial charge in [0.15, 0.2) is 0 Å². The Hall–Kier alpha value is 0.467. The summed E-state index contributed by atoms with van der Waals surface area (Å²) in [6.07, 6.45) is 4.39. The highest BCUT2D eigenvalue weighted by Gasteiger charge is 2.30. The summed E-state index contributed by atoms with van der Waals surface area (Å²) in [5.41, 5.74) is 0.649. The molecule has 1 rings (SSSR count). The highest BCUT2D eigenvalue weighted by atomic mass is 35.5. The fraction of sp³-hybridized carbons (Fsp3) is 1.00. The summed E-state index contributed by atoms with van der Waals surface area (Å²) in [7, 11) is 0.480. The van der Waals surface area contributed by atoms with Gasteiger partial charge < -0.3 is 4.43 Å². The Labute approximate surface area is 95.5 Å². The quantitative estimate of drug-likeness (QED) is 0.534. The van der Waals surface area contributed by atoms with Crippen molar-refractivity contribution >= 4 is 21.4 Å². The molecule has 3 unspecified atom stereocenters.